The summed E-state index contributed by atoms with van der Waals surface area (Å²) < 4.78 is 57.7. The molecule has 2 amide bonds. The Morgan fingerprint density at radius 2 is 1.64 bits per heavy atom. The minimum Gasteiger partial charge on any atom is -0.493 e. The van der Waals surface area contributed by atoms with Crippen molar-refractivity contribution in [2.45, 2.75) is 4.90 Å². The van der Waals surface area contributed by atoms with Crippen LogP contribution in [-0.2, 0) is 19.6 Å². The van der Waals surface area contributed by atoms with Gasteiger partial charge in [0.2, 0.25) is 5.91 Å². The van der Waals surface area contributed by atoms with Crippen molar-refractivity contribution in [3.05, 3.63) is 78.1 Å². The predicted octanol–water partition coefficient (Wildman–Crippen LogP) is 3.15. The van der Waals surface area contributed by atoms with Crippen molar-refractivity contribution in [2.75, 3.05) is 56.7 Å². The van der Waals surface area contributed by atoms with E-state index in [-0.39, 0.29) is 33.5 Å². The Bertz CT molecular complexity index is 1440. The second-order valence-electron chi connectivity index (χ2n) is 8.50. The van der Waals surface area contributed by atoms with E-state index in [1.165, 1.54) is 44.6 Å². The minimum absolute atomic E-state index is 0.0685. The lowest BCUT2D eigenvalue weighted by Crippen LogP contribution is -2.41. The summed E-state index contributed by atoms with van der Waals surface area (Å²) >= 11 is 0. The van der Waals surface area contributed by atoms with Gasteiger partial charge in [-0.15, -0.1) is 0 Å². The van der Waals surface area contributed by atoms with Gasteiger partial charge in [-0.2, -0.15) is 0 Å². The van der Waals surface area contributed by atoms with Crippen molar-refractivity contribution in [3.8, 4) is 11.5 Å². The second-order valence-corrected chi connectivity index (χ2v) is 10.4. The van der Waals surface area contributed by atoms with Crippen LogP contribution in [0.25, 0.3) is 0 Å². The van der Waals surface area contributed by atoms with Crippen LogP contribution < -0.4 is 19.1 Å². The van der Waals surface area contributed by atoms with Gasteiger partial charge in [-0.3, -0.25) is 13.9 Å². The molecule has 4 rings (SSSR count). The molecular weight excluding hydrogens is 529 g/mol. The number of amides is 2. The molecule has 0 saturated carbocycles. The summed E-state index contributed by atoms with van der Waals surface area (Å²) in [6, 6.07) is 15.2. The lowest BCUT2D eigenvalue weighted by atomic mass is 10.1. The van der Waals surface area contributed by atoms with Crippen molar-refractivity contribution in [1.29, 1.82) is 0 Å². The summed E-state index contributed by atoms with van der Waals surface area (Å²) in [7, 11) is -1.54. The number of hydrogen-bond donors (Lipinski definition) is 1. The number of morpholine rings is 1. The fourth-order valence-corrected chi connectivity index (χ4v) is 5.50. The summed E-state index contributed by atoms with van der Waals surface area (Å²) in [6.07, 6.45) is 0. The molecule has 1 aliphatic rings. The third-order valence-corrected chi connectivity index (χ3v) is 7.84. The molecule has 0 bridgehead atoms. The van der Waals surface area contributed by atoms with Gasteiger partial charge < -0.3 is 24.4 Å². The van der Waals surface area contributed by atoms with Crippen LogP contribution in [0, 0.1) is 5.82 Å². The van der Waals surface area contributed by atoms with Gasteiger partial charge in [0.25, 0.3) is 15.9 Å². The van der Waals surface area contributed by atoms with Crippen molar-refractivity contribution in [3.63, 3.8) is 0 Å². The predicted molar refractivity (Wildman–Crippen MR) is 142 cm³/mol. The second kappa shape index (κ2) is 12.1. The zero-order chi connectivity index (χ0) is 28.0. The maximum Gasteiger partial charge on any atom is 0.264 e. The van der Waals surface area contributed by atoms with E-state index in [2.05, 4.69) is 5.32 Å². The van der Waals surface area contributed by atoms with Crippen molar-refractivity contribution in [1.82, 2.24) is 4.90 Å². The molecule has 1 aliphatic heterocycles. The highest BCUT2D eigenvalue weighted by atomic mass is 32.2. The molecular formula is C27H28FN3O7S. The van der Waals surface area contributed by atoms with Gasteiger partial charge >= 0.3 is 0 Å². The Balaban J connectivity index is 1.64. The fourth-order valence-electron chi connectivity index (χ4n) is 4.06. The summed E-state index contributed by atoms with van der Waals surface area (Å²) in [6.45, 7) is 1.02. The quantitative estimate of drug-likeness (QED) is 0.430. The monoisotopic (exact) mass is 557 g/mol. The van der Waals surface area contributed by atoms with Gasteiger partial charge in [0.05, 0.1) is 49.3 Å². The summed E-state index contributed by atoms with van der Waals surface area (Å²) in [5.74, 6) is -1.04. The molecule has 12 heteroatoms. The van der Waals surface area contributed by atoms with Crippen molar-refractivity contribution < 1.29 is 36.6 Å². The number of hydrogen-bond acceptors (Lipinski definition) is 7. The van der Waals surface area contributed by atoms with Crippen LogP contribution in [0.2, 0.25) is 0 Å². The highest BCUT2D eigenvalue weighted by Gasteiger charge is 2.29. The SMILES string of the molecule is COc1ccc(S(=O)(=O)N(CC(=O)Nc2ccccc2C(=O)N2CCOCC2)c2ccc(F)cc2)cc1OC. The number of methoxy groups -OCH3 is 2. The molecule has 0 atom stereocenters. The van der Waals surface area contributed by atoms with E-state index in [0.717, 1.165) is 16.4 Å². The van der Waals surface area contributed by atoms with E-state index in [9.17, 15) is 22.4 Å². The highest BCUT2D eigenvalue weighted by molar-refractivity contribution is 7.92. The number of anilines is 2. The van der Waals surface area contributed by atoms with Gasteiger partial charge in [-0.25, -0.2) is 12.8 Å². The van der Waals surface area contributed by atoms with Crippen LogP contribution in [0.3, 0.4) is 0 Å². The summed E-state index contributed by atoms with van der Waals surface area (Å²) in [5.41, 5.74) is 0.574. The first kappa shape index (κ1) is 27.9. The maximum atomic E-state index is 13.7. The molecule has 206 valence electrons. The van der Waals surface area contributed by atoms with Crippen molar-refractivity contribution >= 4 is 33.2 Å². The normalized spacial score (nSPS) is 13.5. The maximum absolute atomic E-state index is 13.7. The molecule has 1 fully saturated rings. The van der Waals surface area contributed by atoms with Crippen LogP contribution in [0.1, 0.15) is 10.4 Å². The van der Waals surface area contributed by atoms with E-state index >= 15 is 0 Å². The molecule has 0 radical (unpaired) electrons. The lowest BCUT2D eigenvalue weighted by molar-refractivity contribution is -0.114. The average molecular weight is 558 g/mol. The van der Waals surface area contributed by atoms with E-state index in [1.807, 2.05) is 0 Å². The number of para-hydroxylation sites is 1. The van der Waals surface area contributed by atoms with Crippen LogP contribution in [-0.4, -0.2) is 72.2 Å². The van der Waals surface area contributed by atoms with Crippen LogP contribution >= 0.6 is 0 Å². The molecule has 1 heterocycles. The standard InChI is InChI=1S/C27H28FN3O7S/c1-36-24-12-11-21(17-25(24)37-2)39(34,35)31(20-9-7-19(28)8-10-20)18-26(32)29-23-6-4-3-5-22(23)27(33)30-13-15-38-16-14-30/h3-12,17H,13-16,18H2,1-2H3,(H,29,32). The number of nitrogens with one attached hydrogen (secondary N) is 1. The fraction of sp³-hybridized carbons (Fsp3) is 0.259. The number of halogens is 1. The zero-order valence-electron chi connectivity index (χ0n) is 21.4. The van der Waals surface area contributed by atoms with Crippen LogP contribution in [0.5, 0.6) is 11.5 Å². The Labute approximate surface area is 225 Å². The Hall–Kier alpha value is -4.16. The number of carbonyl (C=O) groups is 2. The van der Waals surface area contributed by atoms with Gasteiger partial charge in [0.15, 0.2) is 11.5 Å². The first-order chi connectivity index (χ1) is 18.7. The Morgan fingerprint density at radius 1 is 0.974 bits per heavy atom. The Kier molecular flexibility index (Phi) is 8.67. The van der Waals surface area contributed by atoms with Crippen LogP contribution in [0.15, 0.2) is 71.6 Å². The number of benzene rings is 3. The summed E-state index contributed by atoms with van der Waals surface area (Å²) in [5, 5.41) is 2.66. The van der Waals surface area contributed by atoms with Gasteiger partial charge in [0, 0.05) is 19.2 Å². The number of ether oxygens (including phenoxy) is 3. The molecule has 1 saturated heterocycles. The molecule has 3 aromatic rings. The van der Waals surface area contributed by atoms with E-state index in [1.54, 1.807) is 29.2 Å². The molecule has 39 heavy (non-hydrogen) atoms. The molecule has 1 N–H and O–H groups in total. The van der Waals surface area contributed by atoms with E-state index in [4.69, 9.17) is 14.2 Å². The molecule has 0 aliphatic carbocycles. The minimum atomic E-state index is -4.33. The molecule has 0 aromatic heterocycles. The highest BCUT2D eigenvalue weighted by Crippen LogP contribution is 2.32. The summed E-state index contributed by atoms with van der Waals surface area (Å²) in [4.78, 5) is 27.8. The molecule has 0 spiro atoms. The number of sulfonamides is 1. The molecule has 0 unspecified atom stereocenters. The molecule has 3 aromatic carbocycles. The van der Waals surface area contributed by atoms with Gasteiger partial charge in [-0.05, 0) is 48.5 Å². The topological polar surface area (TPSA) is 114 Å². The molecule has 10 nitrogen and oxygen atoms in total. The third-order valence-electron chi connectivity index (χ3n) is 6.07. The van der Waals surface area contributed by atoms with E-state index < -0.39 is 28.3 Å². The third kappa shape index (κ3) is 6.29. The van der Waals surface area contributed by atoms with Gasteiger partial charge in [0.1, 0.15) is 12.4 Å². The number of carbonyl (C=O) groups excluding carboxylic acids is 2. The first-order valence-electron chi connectivity index (χ1n) is 12.0. The zero-order valence-corrected chi connectivity index (χ0v) is 22.2. The number of nitrogens with zero attached hydrogens (tertiary/aromatic N) is 2. The average Bonchev–Trinajstić information content (AvgIpc) is 2.96. The first-order valence-corrected chi connectivity index (χ1v) is 13.4. The smallest absolute Gasteiger partial charge is 0.264 e. The van der Waals surface area contributed by atoms with E-state index in [0.29, 0.717) is 32.1 Å². The van der Waals surface area contributed by atoms with Crippen LogP contribution in [0.4, 0.5) is 15.8 Å². The Morgan fingerprint density at radius 3 is 2.31 bits per heavy atom. The largest absolute Gasteiger partial charge is 0.493 e. The van der Waals surface area contributed by atoms with Gasteiger partial charge in [-0.1, -0.05) is 12.1 Å². The number of rotatable bonds is 9. The lowest BCUT2D eigenvalue weighted by Gasteiger charge is -2.28. The van der Waals surface area contributed by atoms with Crippen molar-refractivity contribution in [2.24, 2.45) is 0 Å².